The Morgan fingerprint density at radius 1 is 1.27 bits per heavy atom. The van der Waals surface area contributed by atoms with Gasteiger partial charge >= 0.3 is 6.03 Å². The zero-order valence-corrected chi connectivity index (χ0v) is 12.0. The molecule has 0 bridgehead atoms. The van der Waals surface area contributed by atoms with Gasteiger partial charge in [-0.2, -0.15) is 0 Å². The Morgan fingerprint density at radius 2 is 1.67 bits per heavy atom. The van der Waals surface area contributed by atoms with Crippen molar-refractivity contribution in [1.82, 2.24) is 10.2 Å². The van der Waals surface area contributed by atoms with Crippen molar-refractivity contribution in [2.45, 2.75) is 35.6 Å². The molecule has 0 heterocycles. The molecule has 0 saturated carbocycles. The molecule has 0 aliphatic heterocycles. The Hall–Kier alpha value is 0.430. The van der Waals surface area contributed by atoms with Gasteiger partial charge in [0.05, 0.1) is 0 Å². The lowest BCUT2D eigenvalue weighted by atomic mass is 10.1. The van der Waals surface area contributed by atoms with E-state index in [0.717, 1.165) is 4.90 Å². The summed E-state index contributed by atoms with van der Waals surface area (Å²) in [4.78, 5) is 12.7. The van der Waals surface area contributed by atoms with Crippen LogP contribution in [-0.2, 0) is 0 Å². The number of halogens is 4. The molecule has 1 atom stereocenters. The van der Waals surface area contributed by atoms with E-state index in [4.69, 9.17) is 46.4 Å². The number of rotatable bonds is 1. The van der Waals surface area contributed by atoms with E-state index in [1.165, 1.54) is 7.05 Å². The molecule has 7 heteroatoms. The molecule has 0 aromatic carbocycles. The monoisotopic (exact) mass is 294 g/mol. The SMILES string of the molecule is CN(C(=O)NC(C)(C)C)C(Cl)C(Cl)(Cl)Cl. The number of urea groups is 1. The second-order valence-electron chi connectivity index (χ2n) is 4.17. The van der Waals surface area contributed by atoms with Crippen molar-refractivity contribution in [1.29, 1.82) is 0 Å². The van der Waals surface area contributed by atoms with E-state index in [-0.39, 0.29) is 5.54 Å². The first-order chi connectivity index (χ1) is 6.45. The molecule has 0 aromatic heterocycles. The van der Waals surface area contributed by atoms with Crippen molar-refractivity contribution in [3.05, 3.63) is 0 Å². The maximum Gasteiger partial charge on any atom is 0.318 e. The maximum atomic E-state index is 11.6. The van der Waals surface area contributed by atoms with Gasteiger partial charge in [-0.1, -0.05) is 46.4 Å². The minimum absolute atomic E-state index is 0.366. The van der Waals surface area contributed by atoms with Crippen LogP contribution in [0, 0.1) is 0 Å². The highest BCUT2D eigenvalue weighted by molar-refractivity contribution is 6.70. The van der Waals surface area contributed by atoms with Crippen molar-refractivity contribution < 1.29 is 4.79 Å². The number of amides is 2. The molecular weight excluding hydrogens is 282 g/mol. The maximum absolute atomic E-state index is 11.6. The van der Waals surface area contributed by atoms with E-state index in [9.17, 15) is 4.79 Å². The number of hydrogen-bond acceptors (Lipinski definition) is 1. The quantitative estimate of drug-likeness (QED) is 0.584. The second kappa shape index (κ2) is 5.17. The normalized spacial score (nSPS) is 14.7. The van der Waals surface area contributed by atoms with Crippen LogP contribution in [0.3, 0.4) is 0 Å². The molecule has 1 unspecified atom stereocenters. The molecule has 0 aromatic rings. The average Bonchev–Trinajstić information content (AvgIpc) is 1.96. The molecule has 90 valence electrons. The highest BCUT2D eigenvalue weighted by Crippen LogP contribution is 2.35. The van der Waals surface area contributed by atoms with E-state index in [1.54, 1.807) is 0 Å². The summed E-state index contributed by atoms with van der Waals surface area (Å²) in [6, 6.07) is -0.395. The Labute approximate surface area is 110 Å². The third-order valence-electron chi connectivity index (χ3n) is 1.41. The molecule has 0 saturated heterocycles. The van der Waals surface area contributed by atoms with Gasteiger partial charge in [-0.3, -0.25) is 0 Å². The number of nitrogens with zero attached hydrogens (tertiary/aromatic N) is 1. The number of hydrogen-bond donors (Lipinski definition) is 1. The fourth-order valence-electron chi connectivity index (χ4n) is 0.731. The van der Waals surface area contributed by atoms with Crippen LogP contribution in [0.5, 0.6) is 0 Å². The molecule has 0 aliphatic carbocycles. The predicted molar refractivity (Wildman–Crippen MR) is 66.0 cm³/mol. The van der Waals surface area contributed by atoms with Crippen LogP contribution in [0.25, 0.3) is 0 Å². The molecule has 0 aliphatic rings. The topological polar surface area (TPSA) is 32.3 Å². The van der Waals surface area contributed by atoms with Gasteiger partial charge in [0.1, 0.15) is 0 Å². The van der Waals surface area contributed by atoms with Crippen molar-refractivity contribution in [2.24, 2.45) is 0 Å². The molecule has 0 radical (unpaired) electrons. The van der Waals surface area contributed by atoms with Gasteiger partial charge in [0.25, 0.3) is 0 Å². The van der Waals surface area contributed by atoms with Crippen LogP contribution in [-0.4, -0.2) is 32.8 Å². The van der Waals surface area contributed by atoms with Crippen LogP contribution in [0.15, 0.2) is 0 Å². The molecule has 0 rings (SSSR count). The summed E-state index contributed by atoms with van der Waals surface area (Å²) in [6.45, 7) is 5.53. The summed E-state index contributed by atoms with van der Waals surface area (Å²) >= 11 is 22.5. The number of alkyl halides is 4. The Bertz CT molecular complexity index is 234. The lowest BCUT2D eigenvalue weighted by molar-refractivity contribution is 0.195. The molecule has 3 nitrogen and oxygen atoms in total. The molecule has 15 heavy (non-hydrogen) atoms. The smallest absolute Gasteiger partial charge is 0.318 e. The third kappa shape index (κ3) is 5.91. The highest BCUT2D eigenvalue weighted by Gasteiger charge is 2.36. The molecule has 1 N–H and O–H groups in total. The summed E-state index contributed by atoms with van der Waals surface area (Å²) in [5, 5.41) is 2.70. The Balaban J connectivity index is 4.46. The number of nitrogens with one attached hydrogen (secondary N) is 1. The van der Waals surface area contributed by atoms with E-state index < -0.39 is 15.3 Å². The molecule has 2 amide bonds. The van der Waals surface area contributed by atoms with E-state index in [1.807, 2.05) is 20.8 Å². The highest BCUT2D eigenvalue weighted by atomic mass is 35.6. The Morgan fingerprint density at radius 3 is 1.93 bits per heavy atom. The summed E-state index contributed by atoms with van der Waals surface area (Å²) in [5.41, 5.74) is -1.39. The first-order valence-electron chi connectivity index (χ1n) is 4.21. The fraction of sp³-hybridized carbons (Fsp3) is 0.875. The van der Waals surface area contributed by atoms with Crippen LogP contribution in [0.1, 0.15) is 20.8 Å². The summed E-state index contributed by atoms with van der Waals surface area (Å²) < 4.78 is -1.72. The number of carbonyl (C=O) groups excluding carboxylic acids is 1. The van der Waals surface area contributed by atoms with Gasteiger partial charge in [-0.25, -0.2) is 4.79 Å². The molecule has 0 spiro atoms. The van der Waals surface area contributed by atoms with Crippen LogP contribution < -0.4 is 5.32 Å². The third-order valence-corrected chi connectivity index (χ3v) is 2.99. The lowest BCUT2D eigenvalue weighted by Gasteiger charge is -2.31. The van der Waals surface area contributed by atoms with Gasteiger partial charge < -0.3 is 10.2 Å². The van der Waals surface area contributed by atoms with Crippen molar-refractivity contribution >= 4 is 52.4 Å². The van der Waals surface area contributed by atoms with Crippen molar-refractivity contribution in [3.63, 3.8) is 0 Å². The average molecular weight is 296 g/mol. The van der Waals surface area contributed by atoms with Gasteiger partial charge in [-0.05, 0) is 20.8 Å². The second-order valence-corrected chi connectivity index (χ2v) is 6.95. The fourth-order valence-corrected chi connectivity index (χ4v) is 1.26. The van der Waals surface area contributed by atoms with Crippen molar-refractivity contribution in [2.75, 3.05) is 7.05 Å². The van der Waals surface area contributed by atoms with Crippen molar-refractivity contribution in [3.8, 4) is 0 Å². The Kier molecular flexibility index (Phi) is 5.32. The van der Waals surface area contributed by atoms with Crippen LogP contribution in [0.4, 0.5) is 4.79 Å². The lowest BCUT2D eigenvalue weighted by Crippen LogP contribution is -2.51. The van der Waals surface area contributed by atoms with Crippen LogP contribution >= 0.6 is 46.4 Å². The zero-order valence-electron chi connectivity index (χ0n) is 8.94. The molecular formula is C8H14Cl4N2O. The standard InChI is InChI=1S/C8H14Cl4N2O/c1-7(2,3)13-6(15)14(4)5(9)8(10,11)12/h5H,1-4H3,(H,13,15). The summed E-state index contributed by atoms with van der Waals surface area (Å²) in [7, 11) is 1.46. The van der Waals surface area contributed by atoms with Crippen LogP contribution in [0.2, 0.25) is 0 Å². The zero-order chi connectivity index (χ0) is 12.4. The van der Waals surface area contributed by atoms with E-state index >= 15 is 0 Å². The number of carbonyl (C=O) groups is 1. The summed E-state index contributed by atoms with van der Waals surface area (Å²) in [5.74, 6) is 0. The van der Waals surface area contributed by atoms with E-state index in [2.05, 4.69) is 5.32 Å². The van der Waals surface area contributed by atoms with E-state index in [0.29, 0.717) is 0 Å². The minimum Gasteiger partial charge on any atom is -0.333 e. The van der Waals surface area contributed by atoms with Gasteiger partial charge in [0.2, 0.25) is 3.79 Å². The largest absolute Gasteiger partial charge is 0.333 e. The summed E-state index contributed by atoms with van der Waals surface area (Å²) in [6.07, 6.45) is 0. The predicted octanol–water partition coefficient (Wildman–Crippen LogP) is 3.36. The van der Waals surface area contributed by atoms with Gasteiger partial charge in [0.15, 0.2) is 5.50 Å². The molecule has 0 fully saturated rings. The first-order valence-corrected chi connectivity index (χ1v) is 5.78. The van der Waals surface area contributed by atoms with Gasteiger partial charge in [-0.15, -0.1) is 0 Å². The van der Waals surface area contributed by atoms with Gasteiger partial charge in [0, 0.05) is 12.6 Å². The first kappa shape index (κ1) is 15.4. The minimum atomic E-state index is -1.72.